The molecule has 0 N–H and O–H groups in total. The maximum atomic E-state index is 12.8. The minimum atomic E-state index is -0.455. The van der Waals surface area contributed by atoms with Crippen molar-refractivity contribution in [3.05, 3.63) is 56.7 Å². The quantitative estimate of drug-likeness (QED) is 0.508. The number of aromatic nitrogens is 2. The standard InChI is InChI=1S/C19H21N3O2S2/c1-11-12(2)25-16-14(11)17(23)22(5)19(20-16)26-15(18(24)21(3)4)13-9-7-6-8-10-13/h6-10,15H,1-5H3. The third-order valence-electron chi connectivity index (χ3n) is 4.36. The molecule has 1 unspecified atom stereocenters. The highest BCUT2D eigenvalue weighted by atomic mass is 32.2. The summed E-state index contributed by atoms with van der Waals surface area (Å²) in [5.41, 5.74) is 1.81. The molecule has 1 aromatic carbocycles. The molecule has 136 valence electrons. The monoisotopic (exact) mass is 387 g/mol. The molecule has 0 radical (unpaired) electrons. The maximum absolute atomic E-state index is 12.8. The van der Waals surface area contributed by atoms with Gasteiger partial charge in [0.05, 0.1) is 5.39 Å². The highest BCUT2D eigenvalue weighted by molar-refractivity contribution is 8.00. The van der Waals surface area contributed by atoms with Gasteiger partial charge in [-0.25, -0.2) is 4.98 Å². The lowest BCUT2D eigenvalue weighted by molar-refractivity contribution is -0.128. The van der Waals surface area contributed by atoms with Gasteiger partial charge in [-0.2, -0.15) is 0 Å². The van der Waals surface area contributed by atoms with Crippen molar-refractivity contribution in [2.75, 3.05) is 14.1 Å². The Hall–Kier alpha value is -2.12. The highest BCUT2D eigenvalue weighted by Gasteiger charge is 2.26. The van der Waals surface area contributed by atoms with Crippen molar-refractivity contribution in [3.63, 3.8) is 0 Å². The molecule has 1 atom stereocenters. The Morgan fingerprint density at radius 3 is 2.50 bits per heavy atom. The zero-order valence-corrected chi connectivity index (χ0v) is 17.1. The maximum Gasteiger partial charge on any atom is 0.262 e. The van der Waals surface area contributed by atoms with Gasteiger partial charge in [0.15, 0.2) is 5.16 Å². The summed E-state index contributed by atoms with van der Waals surface area (Å²) in [4.78, 5) is 33.7. The minimum Gasteiger partial charge on any atom is -0.348 e. The molecule has 0 aliphatic heterocycles. The van der Waals surface area contributed by atoms with E-state index in [4.69, 9.17) is 4.98 Å². The predicted molar refractivity (Wildman–Crippen MR) is 108 cm³/mol. The lowest BCUT2D eigenvalue weighted by Crippen LogP contribution is -2.28. The van der Waals surface area contributed by atoms with E-state index in [2.05, 4.69) is 0 Å². The van der Waals surface area contributed by atoms with Gasteiger partial charge >= 0.3 is 0 Å². The second kappa shape index (κ2) is 7.25. The van der Waals surface area contributed by atoms with Crippen molar-refractivity contribution < 1.29 is 4.79 Å². The van der Waals surface area contributed by atoms with Gasteiger partial charge in [-0.3, -0.25) is 14.2 Å². The molecule has 0 spiro atoms. The van der Waals surface area contributed by atoms with Crippen molar-refractivity contribution >= 4 is 39.2 Å². The van der Waals surface area contributed by atoms with E-state index >= 15 is 0 Å². The van der Waals surface area contributed by atoms with Gasteiger partial charge in [-0.05, 0) is 25.0 Å². The molecule has 3 aromatic rings. The third kappa shape index (κ3) is 3.29. The van der Waals surface area contributed by atoms with Crippen LogP contribution >= 0.6 is 23.1 Å². The second-order valence-corrected chi connectivity index (χ2v) is 8.64. The minimum absolute atomic E-state index is 0.0333. The zero-order valence-electron chi connectivity index (χ0n) is 15.4. The summed E-state index contributed by atoms with van der Waals surface area (Å²) >= 11 is 2.84. The summed E-state index contributed by atoms with van der Waals surface area (Å²) in [5.74, 6) is -0.0333. The number of carbonyl (C=O) groups excluding carboxylic acids is 1. The molecule has 7 heteroatoms. The number of thioether (sulfide) groups is 1. The number of carbonyl (C=O) groups is 1. The first-order chi connectivity index (χ1) is 12.3. The van der Waals surface area contributed by atoms with E-state index in [9.17, 15) is 9.59 Å². The SMILES string of the molecule is Cc1sc2nc(SC(C(=O)N(C)C)c3ccccc3)n(C)c(=O)c2c1C. The molecular weight excluding hydrogens is 366 g/mol. The Labute approximate surface area is 160 Å². The normalized spacial score (nSPS) is 12.3. The van der Waals surface area contributed by atoms with E-state index in [1.165, 1.54) is 23.1 Å². The van der Waals surface area contributed by atoms with E-state index in [1.54, 1.807) is 30.6 Å². The van der Waals surface area contributed by atoms with Gasteiger partial charge in [0.1, 0.15) is 10.1 Å². The van der Waals surface area contributed by atoms with Gasteiger partial charge in [0.2, 0.25) is 5.91 Å². The van der Waals surface area contributed by atoms with E-state index in [0.717, 1.165) is 20.8 Å². The Kier molecular flexibility index (Phi) is 5.20. The number of nitrogens with zero attached hydrogens (tertiary/aromatic N) is 3. The summed E-state index contributed by atoms with van der Waals surface area (Å²) < 4.78 is 1.55. The molecule has 2 aromatic heterocycles. The number of benzene rings is 1. The molecule has 26 heavy (non-hydrogen) atoms. The predicted octanol–water partition coefficient (Wildman–Crippen LogP) is 3.53. The molecule has 0 bridgehead atoms. The number of amides is 1. The van der Waals surface area contributed by atoms with Crippen LogP contribution in [-0.4, -0.2) is 34.5 Å². The van der Waals surface area contributed by atoms with Gasteiger partial charge in [-0.15, -0.1) is 11.3 Å². The molecule has 2 heterocycles. The Balaban J connectivity index is 2.11. The number of rotatable bonds is 4. The fraction of sp³-hybridized carbons (Fsp3) is 0.316. The summed E-state index contributed by atoms with van der Waals surface area (Å²) in [6, 6.07) is 9.59. The van der Waals surface area contributed by atoms with Crippen molar-refractivity contribution in [3.8, 4) is 0 Å². The third-order valence-corrected chi connectivity index (χ3v) is 6.75. The number of likely N-dealkylation sites (N-methyl/N-ethyl adjacent to an activating group) is 1. The molecule has 0 saturated heterocycles. The average molecular weight is 388 g/mol. The summed E-state index contributed by atoms with van der Waals surface area (Å²) in [7, 11) is 5.19. The van der Waals surface area contributed by atoms with E-state index in [0.29, 0.717) is 10.5 Å². The first-order valence-corrected chi connectivity index (χ1v) is 9.90. The Morgan fingerprint density at radius 1 is 1.23 bits per heavy atom. The van der Waals surface area contributed by atoms with Crippen LogP contribution in [0, 0.1) is 13.8 Å². The van der Waals surface area contributed by atoms with Crippen molar-refractivity contribution in [2.24, 2.45) is 7.05 Å². The highest BCUT2D eigenvalue weighted by Crippen LogP contribution is 2.36. The van der Waals surface area contributed by atoms with Crippen LogP contribution in [0.2, 0.25) is 0 Å². The molecule has 0 aliphatic rings. The van der Waals surface area contributed by atoms with E-state index in [-0.39, 0.29) is 11.5 Å². The molecule has 0 saturated carbocycles. The van der Waals surface area contributed by atoms with Crippen LogP contribution in [0.4, 0.5) is 0 Å². The topological polar surface area (TPSA) is 55.2 Å². The summed E-state index contributed by atoms with van der Waals surface area (Å²) in [5, 5.41) is 0.770. The number of fused-ring (bicyclic) bond motifs is 1. The van der Waals surface area contributed by atoms with Gasteiger partial charge in [0, 0.05) is 26.0 Å². The van der Waals surface area contributed by atoms with Crippen molar-refractivity contribution in [1.82, 2.24) is 14.5 Å². The fourth-order valence-electron chi connectivity index (χ4n) is 2.69. The lowest BCUT2D eigenvalue weighted by atomic mass is 10.1. The van der Waals surface area contributed by atoms with Gasteiger partial charge < -0.3 is 4.90 Å². The van der Waals surface area contributed by atoms with Crippen LogP contribution in [0.1, 0.15) is 21.3 Å². The number of hydrogen-bond acceptors (Lipinski definition) is 5. The van der Waals surface area contributed by atoms with Crippen LogP contribution in [0.15, 0.2) is 40.3 Å². The first-order valence-electron chi connectivity index (χ1n) is 8.20. The molecule has 5 nitrogen and oxygen atoms in total. The fourth-order valence-corrected chi connectivity index (χ4v) is 4.97. The van der Waals surface area contributed by atoms with E-state index in [1.807, 2.05) is 44.2 Å². The summed E-state index contributed by atoms with van der Waals surface area (Å²) in [6.45, 7) is 3.95. The Bertz CT molecular complexity index is 1020. The zero-order chi connectivity index (χ0) is 19.0. The van der Waals surface area contributed by atoms with Crippen LogP contribution < -0.4 is 5.56 Å². The van der Waals surface area contributed by atoms with Crippen molar-refractivity contribution in [2.45, 2.75) is 24.3 Å². The molecule has 3 rings (SSSR count). The average Bonchev–Trinajstić information content (AvgIpc) is 2.91. The van der Waals surface area contributed by atoms with Crippen molar-refractivity contribution in [1.29, 1.82) is 0 Å². The molecule has 0 fully saturated rings. The smallest absolute Gasteiger partial charge is 0.262 e. The van der Waals surface area contributed by atoms with Gasteiger partial charge in [0.25, 0.3) is 5.56 Å². The first kappa shape index (κ1) is 18.7. The largest absolute Gasteiger partial charge is 0.348 e. The lowest BCUT2D eigenvalue weighted by Gasteiger charge is -2.21. The number of hydrogen-bond donors (Lipinski definition) is 0. The van der Waals surface area contributed by atoms with Crippen LogP contribution in [0.5, 0.6) is 0 Å². The number of thiophene rings is 1. The molecule has 0 aliphatic carbocycles. The molecular formula is C19H21N3O2S2. The number of aryl methyl sites for hydroxylation is 2. The summed E-state index contributed by atoms with van der Waals surface area (Å²) in [6.07, 6.45) is 0. The van der Waals surface area contributed by atoms with Crippen LogP contribution in [-0.2, 0) is 11.8 Å². The van der Waals surface area contributed by atoms with Crippen LogP contribution in [0.25, 0.3) is 10.2 Å². The Morgan fingerprint density at radius 2 is 1.88 bits per heavy atom. The second-order valence-electron chi connectivity index (χ2n) is 6.36. The van der Waals surface area contributed by atoms with Gasteiger partial charge in [-0.1, -0.05) is 42.1 Å². The van der Waals surface area contributed by atoms with Crippen LogP contribution in [0.3, 0.4) is 0 Å². The molecule has 1 amide bonds. The van der Waals surface area contributed by atoms with E-state index < -0.39 is 5.25 Å².